The predicted molar refractivity (Wildman–Crippen MR) is 96.3 cm³/mol. The van der Waals surface area contributed by atoms with Crippen molar-refractivity contribution < 1.29 is 14.6 Å². The van der Waals surface area contributed by atoms with Crippen molar-refractivity contribution in [3.05, 3.63) is 28.8 Å². The molecule has 26 heavy (non-hydrogen) atoms. The number of carbonyl (C=O) groups is 1. The topological polar surface area (TPSA) is 75.8 Å². The molecule has 2 heterocycles. The van der Waals surface area contributed by atoms with Crippen LogP contribution in [-0.4, -0.2) is 46.7 Å². The second-order valence-electron chi connectivity index (χ2n) is 9.14. The Morgan fingerprint density at radius 1 is 1.31 bits per heavy atom. The van der Waals surface area contributed by atoms with Crippen LogP contribution in [-0.2, 0) is 11.8 Å². The van der Waals surface area contributed by atoms with Gasteiger partial charge in [0.2, 0.25) is 0 Å². The number of likely N-dealkylation sites (tertiary alicyclic amines) is 1. The minimum atomic E-state index is -0.752. The van der Waals surface area contributed by atoms with E-state index in [1.54, 1.807) is 0 Å². The van der Waals surface area contributed by atoms with Gasteiger partial charge in [0.05, 0.1) is 16.6 Å². The van der Waals surface area contributed by atoms with Crippen molar-refractivity contribution in [3.63, 3.8) is 0 Å². The predicted octanol–water partition coefficient (Wildman–Crippen LogP) is 1.74. The number of nitrogens with two attached hydrogens (primary N) is 1. The third kappa shape index (κ3) is 1.67. The van der Waals surface area contributed by atoms with Gasteiger partial charge in [-0.25, -0.2) is 0 Å². The molecule has 5 nitrogen and oxygen atoms in total. The number of nitrogens with zero attached hydrogens (tertiary/aromatic N) is 1. The number of carbonyl (C=O) groups excluding carboxylic acids is 1. The van der Waals surface area contributed by atoms with E-state index in [-0.39, 0.29) is 17.6 Å². The van der Waals surface area contributed by atoms with Gasteiger partial charge in [-0.2, -0.15) is 0 Å². The largest absolute Gasteiger partial charge is 0.488 e. The van der Waals surface area contributed by atoms with Gasteiger partial charge >= 0.3 is 0 Å². The van der Waals surface area contributed by atoms with Gasteiger partial charge in [0.25, 0.3) is 5.91 Å². The highest BCUT2D eigenvalue weighted by atomic mass is 16.5. The number of ether oxygens (including phenoxy) is 1. The van der Waals surface area contributed by atoms with E-state index < -0.39 is 11.5 Å². The number of aliphatic hydroxyl groups is 1. The molecule has 1 amide bonds. The van der Waals surface area contributed by atoms with E-state index in [0.29, 0.717) is 11.3 Å². The second-order valence-corrected chi connectivity index (χ2v) is 9.14. The van der Waals surface area contributed by atoms with Gasteiger partial charge in [0.15, 0.2) is 0 Å². The number of primary amides is 1. The number of amides is 1. The number of hydrogen-bond acceptors (Lipinski definition) is 4. The van der Waals surface area contributed by atoms with E-state index in [0.717, 1.165) is 56.7 Å². The van der Waals surface area contributed by atoms with Gasteiger partial charge in [-0.1, -0.05) is 6.07 Å². The Hall–Kier alpha value is -1.59. The van der Waals surface area contributed by atoms with Crippen LogP contribution in [0.4, 0.5) is 0 Å². The molecule has 2 saturated carbocycles. The van der Waals surface area contributed by atoms with Crippen LogP contribution < -0.4 is 10.5 Å². The minimum absolute atomic E-state index is 0.0265. The van der Waals surface area contributed by atoms with Crippen LogP contribution in [0.3, 0.4) is 0 Å². The van der Waals surface area contributed by atoms with Gasteiger partial charge in [-0.3, -0.25) is 9.69 Å². The molecule has 138 valence electrons. The van der Waals surface area contributed by atoms with Crippen LogP contribution in [0.15, 0.2) is 12.1 Å². The lowest BCUT2D eigenvalue weighted by atomic mass is 9.49. The van der Waals surface area contributed by atoms with E-state index in [9.17, 15) is 9.90 Å². The number of hydrogen-bond donors (Lipinski definition) is 2. The van der Waals surface area contributed by atoms with Gasteiger partial charge in [0, 0.05) is 18.2 Å². The van der Waals surface area contributed by atoms with Crippen LogP contribution in [0.2, 0.25) is 0 Å². The quantitative estimate of drug-likeness (QED) is 0.867. The summed E-state index contributed by atoms with van der Waals surface area (Å²) in [6, 6.07) is 4.06. The Bertz CT molecular complexity index is 820. The smallest absolute Gasteiger partial charge is 0.252 e. The lowest BCUT2D eigenvalue weighted by Crippen LogP contribution is -2.75. The third-order valence-electron chi connectivity index (χ3n) is 7.95. The number of benzene rings is 1. The molecule has 3 fully saturated rings. The zero-order chi connectivity index (χ0) is 17.7. The fourth-order valence-electron chi connectivity index (χ4n) is 6.68. The van der Waals surface area contributed by atoms with Gasteiger partial charge < -0.3 is 15.6 Å². The maximum atomic E-state index is 12.1. The zero-order valence-electron chi connectivity index (χ0n) is 15.0. The van der Waals surface area contributed by atoms with Gasteiger partial charge in [-0.05, 0) is 69.0 Å². The summed E-state index contributed by atoms with van der Waals surface area (Å²) in [5, 5.41) is 12.1. The highest BCUT2D eigenvalue weighted by Crippen LogP contribution is 2.64. The van der Waals surface area contributed by atoms with Crippen molar-refractivity contribution in [3.8, 4) is 5.75 Å². The van der Waals surface area contributed by atoms with Crippen LogP contribution in [0.5, 0.6) is 5.75 Å². The molecule has 4 atom stereocenters. The normalized spacial score (nSPS) is 40.0. The molecule has 3 aliphatic carbocycles. The summed E-state index contributed by atoms with van der Waals surface area (Å²) in [7, 11) is 0. The van der Waals surface area contributed by atoms with Crippen LogP contribution >= 0.6 is 0 Å². The van der Waals surface area contributed by atoms with E-state index in [2.05, 4.69) is 11.0 Å². The summed E-state index contributed by atoms with van der Waals surface area (Å²) in [4.78, 5) is 14.5. The fraction of sp³-hybridized carbons (Fsp3) is 0.667. The van der Waals surface area contributed by atoms with Crippen molar-refractivity contribution in [1.82, 2.24) is 4.90 Å². The second kappa shape index (κ2) is 4.82. The van der Waals surface area contributed by atoms with Gasteiger partial charge in [-0.15, -0.1) is 0 Å². The highest BCUT2D eigenvalue weighted by Gasteiger charge is 2.71. The van der Waals surface area contributed by atoms with Crippen molar-refractivity contribution in [2.24, 2.45) is 11.7 Å². The van der Waals surface area contributed by atoms with Crippen LogP contribution in [0.25, 0.3) is 0 Å². The molecule has 1 spiro atoms. The Kier molecular flexibility index (Phi) is 2.86. The Morgan fingerprint density at radius 3 is 2.92 bits per heavy atom. The average molecular weight is 354 g/mol. The first-order valence-corrected chi connectivity index (χ1v) is 10.1. The molecule has 3 N–H and O–H groups in total. The van der Waals surface area contributed by atoms with Crippen molar-refractivity contribution in [1.29, 1.82) is 0 Å². The van der Waals surface area contributed by atoms with Crippen molar-refractivity contribution >= 4 is 5.91 Å². The molecule has 2 aliphatic heterocycles. The summed E-state index contributed by atoms with van der Waals surface area (Å²) >= 11 is 0. The maximum Gasteiger partial charge on any atom is 0.252 e. The fourth-order valence-corrected chi connectivity index (χ4v) is 6.68. The Labute approximate surface area is 153 Å². The molecule has 1 aromatic rings. The Morgan fingerprint density at radius 2 is 2.15 bits per heavy atom. The zero-order valence-corrected chi connectivity index (χ0v) is 15.0. The average Bonchev–Trinajstić information content (AvgIpc) is 3.34. The number of piperidine rings is 1. The molecular formula is C21H26N2O3. The summed E-state index contributed by atoms with van der Waals surface area (Å²) in [6.07, 6.45) is 7.17. The lowest BCUT2D eigenvalue weighted by Gasteiger charge is -2.63. The van der Waals surface area contributed by atoms with Gasteiger partial charge in [0.1, 0.15) is 11.9 Å². The first-order chi connectivity index (χ1) is 12.5. The molecule has 0 radical (unpaired) electrons. The van der Waals surface area contributed by atoms with Crippen molar-refractivity contribution in [2.45, 2.75) is 68.1 Å². The maximum absolute atomic E-state index is 12.1. The lowest BCUT2D eigenvalue weighted by molar-refractivity contribution is -0.185. The molecule has 0 aromatic heterocycles. The van der Waals surface area contributed by atoms with Crippen LogP contribution in [0.1, 0.15) is 60.0 Å². The number of rotatable bonds is 3. The van der Waals surface area contributed by atoms with E-state index >= 15 is 0 Å². The first-order valence-electron chi connectivity index (χ1n) is 10.1. The summed E-state index contributed by atoms with van der Waals surface area (Å²) in [5.74, 6) is 1.06. The molecule has 2 bridgehead atoms. The molecule has 5 aliphatic rings. The molecular weight excluding hydrogens is 328 g/mol. The summed E-state index contributed by atoms with van der Waals surface area (Å²) in [5.41, 5.74) is 7.37. The molecule has 5 heteroatoms. The van der Waals surface area contributed by atoms with E-state index in [1.165, 1.54) is 18.4 Å². The third-order valence-corrected chi connectivity index (χ3v) is 7.95. The minimum Gasteiger partial charge on any atom is -0.488 e. The SMILES string of the molecule is NC(=O)c1ccc2c3c1OC1CCCC4(O)C(C2)N(CC2CC2)CCC314. The monoisotopic (exact) mass is 354 g/mol. The first kappa shape index (κ1) is 15.5. The molecule has 1 aromatic carbocycles. The summed E-state index contributed by atoms with van der Waals surface area (Å²) < 4.78 is 6.39. The summed E-state index contributed by atoms with van der Waals surface area (Å²) in [6.45, 7) is 2.14. The standard InChI is InChI=1S/C21H26N2O3/c22-19(24)14-6-5-13-10-15-21(25)7-1-2-16-20(21,17(13)18(14)26-16)8-9-23(15)11-12-3-4-12/h5-6,12,15-16,25H,1-4,7-11H2,(H2,22,24). The highest BCUT2D eigenvalue weighted by molar-refractivity contribution is 5.97. The van der Waals surface area contributed by atoms with E-state index in [4.69, 9.17) is 10.5 Å². The molecule has 6 rings (SSSR count). The molecule has 4 unspecified atom stereocenters. The molecule has 1 saturated heterocycles. The Balaban J connectivity index is 1.56. The van der Waals surface area contributed by atoms with Crippen molar-refractivity contribution in [2.75, 3.05) is 13.1 Å². The van der Waals surface area contributed by atoms with Crippen LogP contribution in [0, 0.1) is 5.92 Å². The van der Waals surface area contributed by atoms with E-state index in [1.807, 2.05) is 6.07 Å².